The van der Waals surface area contributed by atoms with Gasteiger partial charge in [-0.1, -0.05) is 32.9 Å². The third-order valence-corrected chi connectivity index (χ3v) is 3.53. The third-order valence-electron chi connectivity index (χ3n) is 3.53. The normalized spacial score (nSPS) is 17.0. The fourth-order valence-corrected chi connectivity index (χ4v) is 2.19. The smallest absolute Gasteiger partial charge is 0.378 e. The first-order chi connectivity index (χ1) is 9.96. The topological polar surface area (TPSA) is 20.2 Å². The molecule has 1 N–H and O–H groups in total. The molecule has 0 aromatic heterocycles. The van der Waals surface area contributed by atoms with Crippen molar-refractivity contribution in [1.29, 1.82) is 0 Å². The largest absolute Gasteiger partial charge is 0.456 e. The average molecular weight is 350 g/mol. The van der Waals surface area contributed by atoms with Crippen LogP contribution >= 0.6 is 0 Å². The zero-order valence-corrected chi connectivity index (χ0v) is 12.3. The third kappa shape index (κ3) is 3.15. The van der Waals surface area contributed by atoms with Crippen molar-refractivity contribution in [2.45, 2.75) is 44.6 Å². The number of aliphatic hydroxyl groups is 1. The Kier molecular flexibility index (Phi) is 4.55. The highest BCUT2D eigenvalue weighted by Gasteiger charge is 2.73. The summed E-state index contributed by atoms with van der Waals surface area (Å²) >= 11 is 0. The minimum Gasteiger partial charge on any atom is -0.378 e. The van der Waals surface area contributed by atoms with E-state index in [1.165, 1.54) is 0 Å². The van der Waals surface area contributed by atoms with Gasteiger partial charge in [0.1, 0.15) is 0 Å². The van der Waals surface area contributed by atoms with Gasteiger partial charge < -0.3 is 5.11 Å². The van der Waals surface area contributed by atoms with E-state index in [1.807, 2.05) is 0 Å². The molecule has 0 bridgehead atoms. The first kappa shape index (κ1) is 19.7. The predicted molar refractivity (Wildman–Crippen MR) is 65.8 cm³/mol. The summed E-state index contributed by atoms with van der Waals surface area (Å²) < 4.78 is 103. The highest BCUT2D eigenvalue weighted by Crippen LogP contribution is 2.56. The van der Waals surface area contributed by atoms with Gasteiger partial charge in [0, 0.05) is 5.41 Å². The van der Waals surface area contributed by atoms with Crippen LogP contribution in [0.1, 0.15) is 31.9 Å². The fourth-order valence-electron chi connectivity index (χ4n) is 2.19. The Labute approximate surface area is 126 Å². The molecule has 0 aliphatic rings. The van der Waals surface area contributed by atoms with Crippen molar-refractivity contribution in [1.82, 2.24) is 0 Å². The van der Waals surface area contributed by atoms with Crippen molar-refractivity contribution in [2.24, 2.45) is 5.41 Å². The van der Waals surface area contributed by atoms with E-state index in [4.69, 9.17) is 0 Å². The zero-order valence-electron chi connectivity index (χ0n) is 12.3. The molecule has 1 aromatic carbocycles. The summed E-state index contributed by atoms with van der Waals surface area (Å²) in [4.78, 5) is 0. The molecule has 0 aliphatic carbocycles. The van der Waals surface area contributed by atoms with Gasteiger partial charge in [0.25, 0.3) is 0 Å². The fraction of sp³-hybridized carbons (Fsp3) is 0.571. The molecule has 0 saturated carbocycles. The van der Waals surface area contributed by atoms with Crippen molar-refractivity contribution in [2.75, 3.05) is 0 Å². The molecule has 0 saturated heterocycles. The second-order valence-corrected chi connectivity index (χ2v) is 6.11. The van der Waals surface area contributed by atoms with Crippen molar-refractivity contribution < 1.29 is 40.2 Å². The van der Waals surface area contributed by atoms with Crippen molar-refractivity contribution >= 4 is 0 Å². The molecule has 1 nitrogen and oxygen atoms in total. The first-order valence-corrected chi connectivity index (χ1v) is 6.31. The van der Waals surface area contributed by atoms with Crippen LogP contribution in [0.25, 0.3) is 0 Å². The van der Waals surface area contributed by atoms with Gasteiger partial charge >= 0.3 is 18.3 Å². The van der Waals surface area contributed by atoms with Gasteiger partial charge in [-0.15, -0.1) is 0 Å². The van der Waals surface area contributed by atoms with Gasteiger partial charge in [-0.25, -0.2) is 0 Å². The molecule has 1 unspecified atom stereocenters. The minimum absolute atomic E-state index is 0.346. The Morgan fingerprint density at radius 1 is 0.696 bits per heavy atom. The molecule has 23 heavy (non-hydrogen) atoms. The van der Waals surface area contributed by atoms with Gasteiger partial charge in [-0.2, -0.15) is 35.1 Å². The molecule has 0 fully saturated rings. The molecule has 1 rings (SSSR count). The van der Waals surface area contributed by atoms with E-state index >= 15 is 0 Å². The maximum Gasteiger partial charge on any atom is 0.456 e. The van der Waals surface area contributed by atoms with E-state index in [0.29, 0.717) is 24.3 Å². The second-order valence-electron chi connectivity index (χ2n) is 6.11. The molecular weight excluding hydrogens is 336 g/mol. The summed E-state index contributed by atoms with van der Waals surface area (Å²) in [6.45, 7) is 2.80. The first-order valence-electron chi connectivity index (χ1n) is 6.31. The molecule has 0 radical (unpaired) electrons. The molecule has 0 aliphatic heterocycles. The van der Waals surface area contributed by atoms with E-state index in [2.05, 4.69) is 0 Å². The van der Waals surface area contributed by atoms with Crippen molar-refractivity contribution in [3.05, 3.63) is 35.4 Å². The van der Waals surface area contributed by atoms with Crippen LogP contribution < -0.4 is 0 Å². The van der Waals surface area contributed by atoms with E-state index < -0.39 is 40.4 Å². The molecule has 132 valence electrons. The molecule has 1 atom stereocenters. The number of hydrogen-bond donors (Lipinski definition) is 1. The molecular formula is C14H14F8O. The second kappa shape index (κ2) is 5.32. The number of hydrogen-bond acceptors (Lipinski definition) is 1. The molecule has 9 heteroatoms. The van der Waals surface area contributed by atoms with Crippen LogP contribution in [-0.4, -0.2) is 17.2 Å². The lowest BCUT2D eigenvalue weighted by Gasteiger charge is -2.46. The molecule has 0 heterocycles. The maximum absolute atomic E-state index is 13.9. The van der Waals surface area contributed by atoms with Gasteiger partial charge in [0.15, 0.2) is 5.60 Å². The van der Waals surface area contributed by atoms with Gasteiger partial charge in [-0.3, -0.25) is 0 Å². The van der Waals surface area contributed by atoms with Crippen molar-refractivity contribution in [3.63, 3.8) is 0 Å². The number of rotatable bonds is 2. The van der Waals surface area contributed by atoms with Gasteiger partial charge in [0.2, 0.25) is 0 Å². The van der Waals surface area contributed by atoms with E-state index in [1.54, 1.807) is 0 Å². The van der Waals surface area contributed by atoms with Crippen LogP contribution in [0.2, 0.25) is 0 Å². The Morgan fingerprint density at radius 2 is 1.04 bits per heavy atom. The highest BCUT2D eigenvalue weighted by molar-refractivity contribution is 5.33. The Hall–Kier alpha value is -1.38. The van der Waals surface area contributed by atoms with Crippen molar-refractivity contribution in [3.8, 4) is 0 Å². The number of benzene rings is 1. The lowest BCUT2D eigenvalue weighted by Crippen LogP contribution is -2.61. The summed E-state index contributed by atoms with van der Waals surface area (Å²) in [6.07, 6.45) is -10.9. The Bertz CT molecular complexity index is 550. The van der Waals surface area contributed by atoms with Crippen LogP contribution in [0.15, 0.2) is 24.3 Å². The van der Waals surface area contributed by atoms with E-state index in [-0.39, 0.29) is 0 Å². The standard InChI is InChI=1S/C14H14F8O/c1-10(2,3)11(23,13(18,19)14(20,21)22)8-4-6-9(7-5-8)12(15,16)17/h4-7,23H,1-3H3. The molecule has 0 spiro atoms. The van der Waals surface area contributed by atoms with Crippen LogP contribution in [0.4, 0.5) is 35.1 Å². The maximum atomic E-state index is 13.9. The zero-order chi connectivity index (χ0) is 18.5. The number of alkyl halides is 8. The summed E-state index contributed by atoms with van der Waals surface area (Å²) in [7, 11) is 0. The Balaban J connectivity index is 3.57. The van der Waals surface area contributed by atoms with Gasteiger partial charge in [-0.05, 0) is 17.7 Å². The average Bonchev–Trinajstić information content (AvgIpc) is 2.34. The van der Waals surface area contributed by atoms with Crippen LogP contribution in [0, 0.1) is 5.41 Å². The quantitative estimate of drug-likeness (QED) is 0.733. The van der Waals surface area contributed by atoms with E-state index in [9.17, 15) is 40.2 Å². The van der Waals surface area contributed by atoms with E-state index in [0.717, 1.165) is 20.8 Å². The van der Waals surface area contributed by atoms with Gasteiger partial charge in [0.05, 0.1) is 5.56 Å². The highest BCUT2D eigenvalue weighted by atomic mass is 19.4. The summed E-state index contributed by atoms with van der Waals surface area (Å²) in [5, 5.41) is 10.2. The lowest BCUT2D eigenvalue weighted by molar-refractivity contribution is -0.366. The van der Waals surface area contributed by atoms with Crippen LogP contribution in [0.3, 0.4) is 0 Å². The monoisotopic (exact) mass is 350 g/mol. The van der Waals surface area contributed by atoms with Crippen LogP contribution in [-0.2, 0) is 11.8 Å². The predicted octanol–water partition coefficient (Wildman–Crippen LogP) is 5.14. The Morgan fingerprint density at radius 3 is 1.30 bits per heavy atom. The number of halogens is 8. The lowest BCUT2D eigenvalue weighted by atomic mass is 9.68. The van der Waals surface area contributed by atoms with Crippen LogP contribution in [0.5, 0.6) is 0 Å². The molecule has 0 amide bonds. The molecule has 1 aromatic rings. The minimum atomic E-state index is -6.09. The summed E-state index contributed by atoms with van der Waals surface area (Å²) in [5.41, 5.74) is -7.96. The summed E-state index contributed by atoms with van der Waals surface area (Å²) in [6, 6.07) is 1.54. The summed E-state index contributed by atoms with van der Waals surface area (Å²) in [5.74, 6) is -5.57. The SMILES string of the molecule is CC(C)(C)C(O)(c1ccc(C(F)(F)F)cc1)C(F)(F)C(F)(F)F.